The lowest BCUT2D eigenvalue weighted by Gasteiger charge is -2.12. The van der Waals surface area contributed by atoms with Crippen molar-refractivity contribution >= 4 is 22.5 Å². The first-order valence-corrected chi connectivity index (χ1v) is 7.16. The van der Waals surface area contributed by atoms with Crippen LogP contribution in [0.5, 0.6) is 5.75 Å². The molecule has 0 fully saturated rings. The third-order valence-electron chi connectivity index (χ3n) is 3.43. The predicted octanol–water partition coefficient (Wildman–Crippen LogP) is 4.21. The van der Waals surface area contributed by atoms with E-state index in [1.54, 1.807) is 18.0 Å². The summed E-state index contributed by atoms with van der Waals surface area (Å²) in [5.41, 5.74) is 2.61. The number of hydrogen-bond donors (Lipinski definition) is 0. The first-order valence-electron chi connectivity index (χ1n) is 6.79. The van der Waals surface area contributed by atoms with Crippen LogP contribution in [0.25, 0.3) is 16.6 Å². The second-order valence-corrected chi connectivity index (χ2v) is 5.56. The van der Waals surface area contributed by atoms with E-state index < -0.39 is 0 Å². The van der Waals surface area contributed by atoms with Gasteiger partial charge in [-0.25, -0.2) is 4.68 Å². The van der Waals surface area contributed by atoms with Gasteiger partial charge in [0.15, 0.2) is 5.75 Å². The maximum atomic E-state index is 6.31. The summed E-state index contributed by atoms with van der Waals surface area (Å²) < 4.78 is 7.36. The van der Waals surface area contributed by atoms with Crippen molar-refractivity contribution in [1.82, 2.24) is 14.8 Å². The fourth-order valence-corrected chi connectivity index (χ4v) is 2.57. The van der Waals surface area contributed by atoms with Gasteiger partial charge in [0.25, 0.3) is 0 Å². The van der Waals surface area contributed by atoms with Crippen molar-refractivity contribution in [3.63, 3.8) is 0 Å². The molecule has 0 unspecified atom stereocenters. The Morgan fingerprint density at radius 3 is 2.71 bits per heavy atom. The second-order valence-electron chi connectivity index (χ2n) is 5.15. The van der Waals surface area contributed by atoms with E-state index in [4.69, 9.17) is 16.3 Å². The zero-order valence-corrected chi connectivity index (χ0v) is 12.9. The lowest BCUT2D eigenvalue weighted by molar-refractivity contribution is 0.416. The summed E-state index contributed by atoms with van der Waals surface area (Å²) >= 11 is 6.31. The van der Waals surface area contributed by atoms with Gasteiger partial charge in [-0.05, 0) is 24.1 Å². The largest absolute Gasteiger partial charge is 0.494 e. The Morgan fingerprint density at radius 1 is 1.24 bits per heavy atom. The molecule has 3 rings (SSSR count). The second kappa shape index (κ2) is 5.37. The van der Waals surface area contributed by atoms with Gasteiger partial charge < -0.3 is 4.74 Å². The van der Waals surface area contributed by atoms with Crippen LogP contribution >= 0.6 is 11.6 Å². The lowest BCUT2D eigenvalue weighted by atomic mass is 10.1. The van der Waals surface area contributed by atoms with Gasteiger partial charge in [-0.1, -0.05) is 31.5 Å². The highest BCUT2D eigenvalue weighted by atomic mass is 35.5. The molecule has 0 radical (unpaired) electrons. The van der Waals surface area contributed by atoms with Crippen molar-refractivity contribution in [2.75, 3.05) is 7.11 Å². The van der Waals surface area contributed by atoms with Gasteiger partial charge in [-0.3, -0.25) is 4.98 Å². The molecular formula is C16H16ClN3O. The number of rotatable bonds is 3. The number of methoxy groups -OCH3 is 1. The summed E-state index contributed by atoms with van der Waals surface area (Å²) in [5.74, 6) is 1.05. The normalized spacial score (nSPS) is 11.3. The topological polar surface area (TPSA) is 39.9 Å². The molecule has 3 aromatic rings. The van der Waals surface area contributed by atoms with E-state index in [0.717, 1.165) is 22.3 Å². The highest BCUT2D eigenvalue weighted by molar-refractivity contribution is 6.36. The summed E-state index contributed by atoms with van der Waals surface area (Å²) in [6, 6.07) is 7.62. The fourth-order valence-electron chi connectivity index (χ4n) is 2.31. The molecule has 4 nitrogen and oxygen atoms in total. The minimum atomic E-state index is 0.370. The number of pyridine rings is 1. The van der Waals surface area contributed by atoms with Gasteiger partial charge in [0.1, 0.15) is 5.69 Å². The molecule has 0 aliphatic rings. The van der Waals surface area contributed by atoms with Crippen molar-refractivity contribution < 1.29 is 4.74 Å². The summed E-state index contributed by atoms with van der Waals surface area (Å²) in [6.07, 6.45) is 3.67. The van der Waals surface area contributed by atoms with E-state index in [1.807, 2.05) is 30.5 Å². The smallest absolute Gasteiger partial charge is 0.157 e. The molecule has 0 aliphatic heterocycles. The van der Waals surface area contributed by atoms with Gasteiger partial charge in [0.2, 0.25) is 0 Å². The van der Waals surface area contributed by atoms with Crippen molar-refractivity contribution in [2.45, 2.75) is 19.8 Å². The highest BCUT2D eigenvalue weighted by Gasteiger charge is 2.15. The summed E-state index contributed by atoms with van der Waals surface area (Å²) in [7, 11) is 1.63. The standard InChI is InChI=1S/C16H16ClN3O/c1-10(2)12-7-8-20(19-12)14-9-18-13-6-4-5-11(17)15(13)16(14)21-3/h4-10H,1-3H3. The zero-order valence-electron chi connectivity index (χ0n) is 12.2. The first kappa shape index (κ1) is 13.9. The first-order chi connectivity index (χ1) is 10.1. The number of halogens is 1. The van der Waals surface area contributed by atoms with E-state index in [-0.39, 0.29) is 0 Å². The molecule has 0 N–H and O–H groups in total. The zero-order chi connectivity index (χ0) is 15.0. The Balaban J connectivity index is 2.24. The molecule has 2 aromatic heterocycles. The molecule has 0 spiro atoms. The lowest BCUT2D eigenvalue weighted by Crippen LogP contribution is -2.02. The Kier molecular flexibility index (Phi) is 3.55. The monoisotopic (exact) mass is 301 g/mol. The Morgan fingerprint density at radius 2 is 2.05 bits per heavy atom. The van der Waals surface area contributed by atoms with Crippen LogP contribution in [0.15, 0.2) is 36.7 Å². The van der Waals surface area contributed by atoms with Crippen LogP contribution < -0.4 is 4.74 Å². The highest BCUT2D eigenvalue weighted by Crippen LogP contribution is 2.35. The predicted molar refractivity (Wildman–Crippen MR) is 84.5 cm³/mol. The molecule has 21 heavy (non-hydrogen) atoms. The number of aromatic nitrogens is 3. The minimum Gasteiger partial charge on any atom is -0.494 e. The Bertz CT molecular complexity index is 795. The quantitative estimate of drug-likeness (QED) is 0.727. The van der Waals surface area contributed by atoms with Crippen LogP contribution in [0.1, 0.15) is 25.5 Å². The molecule has 0 bridgehead atoms. The van der Waals surface area contributed by atoms with Crippen LogP contribution in [-0.2, 0) is 0 Å². The molecule has 0 amide bonds. The average Bonchev–Trinajstić information content (AvgIpc) is 2.96. The fraction of sp³-hybridized carbons (Fsp3) is 0.250. The van der Waals surface area contributed by atoms with Gasteiger partial charge in [0.05, 0.1) is 34.9 Å². The van der Waals surface area contributed by atoms with Gasteiger partial charge in [0, 0.05) is 6.20 Å². The molecule has 5 heteroatoms. The Hall–Kier alpha value is -2.07. The maximum absolute atomic E-state index is 6.31. The molecule has 1 aromatic carbocycles. The van der Waals surface area contributed by atoms with E-state index >= 15 is 0 Å². The average molecular weight is 302 g/mol. The van der Waals surface area contributed by atoms with Crippen LogP contribution in [0.2, 0.25) is 5.02 Å². The third-order valence-corrected chi connectivity index (χ3v) is 3.74. The van der Waals surface area contributed by atoms with Crippen LogP contribution in [0.3, 0.4) is 0 Å². The van der Waals surface area contributed by atoms with E-state index in [0.29, 0.717) is 16.7 Å². The van der Waals surface area contributed by atoms with Gasteiger partial charge >= 0.3 is 0 Å². The van der Waals surface area contributed by atoms with Crippen LogP contribution in [-0.4, -0.2) is 21.9 Å². The molecule has 2 heterocycles. The molecule has 0 saturated carbocycles. The molecule has 0 aliphatic carbocycles. The van der Waals surface area contributed by atoms with E-state index in [9.17, 15) is 0 Å². The molecule has 0 saturated heterocycles. The van der Waals surface area contributed by atoms with Crippen molar-refractivity contribution in [3.05, 3.63) is 47.4 Å². The van der Waals surface area contributed by atoms with E-state index in [1.165, 1.54) is 0 Å². The molecule has 0 atom stereocenters. The maximum Gasteiger partial charge on any atom is 0.157 e. The molecular weight excluding hydrogens is 286 g/mol. The SMILES string of the molecule is COc1c(-n2ccc(C(C)C)n2)cnc2cccc(Cl)c12. The summed E-state index contributed by atoms with van der Waals surface area (Å²) in [6.45, 7) is 4.22. The number of nitrogens with zero attached hydrogens (tertiary/aromatic N) is 3. The van der Waals surface area contributed by atoms with E-state index in [2.05, 4.69) is 23.9 Å². The summed E-state index contributed by atoms with van der Waals surface area (Å²) in [5, 5.41) is 6.01. The van der Waals surface area contributed by atoms with Gasteiger partial charge in [-0.2, -0.15) is 5.10 Å². The Labute approximate surface area is 128 Å². The van der Waals surface area contributed by atoms with Crippen molar-refractivity contribution in [1.29, 1.82) is 0 Å². The number of hydrogen-bond acceptors (Lipinski definition) is 3. The number of fused-ring (bicyclic) bond motifs is 1. The van der Waals surface area contributed by atoms with Gasteiger partial charge in [-0.15, -0.1) is 0 Å². The van der Waals surface area contributed by atoms with Crippen molar-refractivity contribution in [2.24, 2.45) is 0 Å². The number of ether oxygens (including phenoxy) is 1. The number of benzene rings is 1. The minimum absolute atomic E-state index is 0.370. The summed E-state index contributed by atoms with van der Waals surface area (Å²) in [4.78, 5) is 4.46. The molecule has 108 valence electrons. The van der Waals surface area contributed by atoms with Crippen molar-refractivity contribution in [3.8, 4) is 11.4 Å². The third kappa shape index (κ3) is 2.36. The van der Waals surface area contributed by atoms with Crippen LogP contribution in [0.4, 0.5) is 0 Å². The van der Waals surface area contributed by atoms with Crippen LogP contribution in [0, 0.1) is 0 Å².